The number of aromatic nitrogens is 3. The molecule has 0 saturated carbocycles. The van der Waals surface area contributed by atoms with Gasteiger partial charge in [0.1, 0.15) is 5.65 Å². The Kier molecular flexibility index (Phi) is 5.90. The van der Waals surface area contributed by atoms with Crippen LogP contribution in [0.5, 0.6) is 0 Å². The molecule has 0 fully saturated rings. The molecule has 0 radical (unpaired) electrons. The van der Waals surface area contributed by atoms with Gasteiger partial charge in [-0.15, -0.1) is 11.3 Å². The second-order valence-corrected chi connectivity index (χ2v) is 8.52. The predicted octanol–water partition coefficient (Wildman–Crippen LogP) is 4.74. The summed E-state index contributed by atoms with van der Waals surface area (Å²) < 4.78 is 0. The van der Waals surface area contributed by atoms with Gasteiger partial charge in [-0.1, -0.05) is 12.7 Å². The molecule has 31 heavy (non-hydrogen) atoms. The molecular weight excluding hydrogens is 408 g/mol. The molecule has 2 N–H and O–H groups in total. The van der Waals surface area contributed by atoms with Crippen LogP contribution in [0, 0.1) is 6.92 Å². The SMILES string of the molecule is C=C/C(=C\c1scnc1C)Nc1ccnc2[nH]c(C3=CCN(C(=O)N(C)C)CC3)cc12. The fourth-order valence-electron chi connectivity index (χ4n) is 3.57. The maximum Gasteiger partial charge on any atom is 0.319 e. The molecule has 4 heterocycles. The molecule has 7 nitrogen and oxygen atoms in total. The van der Waals surface area contributed by atoms with Crippen molar-refractivity contribution in [2.75, 3.05) is 32.5 Å². The number of pyridine rings is 1. The van der Waals surface area contributed by atoms with E-state index in [0.717, 1.165) is 45.1 Å². The Morgan fingerprint density at radius 1 is 1.39 bits per heavy atom. The maximum atomic E-state index is 12.2. The van der Waals surface area contributed by atoms with Gasteiger partial charge in [-0.3, -0.25) is 0 Å². The van der Waals surface area contributed by atoms with Crippen LogP contribution in [0.1, 0.15) is 22.7 Å². The molecule has 2 amide bonds. The molecule has 4 rings (SSSR count). The van der Waals surface area contributed by atoms with Crippen LogP contribution in [-0.2, 0) is 0 Å². The van der Waals surface area contributed by atoms with Crippen molar-refractivity contribution in [3.63, 3.8) is 0 Å². The monoisotopic (exact) mass is 434 g/mol. The van der Waals surface area contributed by atoms with E-state index >= 15 is 0 Å². The summed E-state index contributed by atoms with van der Waals surface area (Å²) >= 11 is 1.60. The van der Waals surface area contributed by atoms with E-state index < -0.39 is 0 Å². The molecule has 0 aromatic carbocycles. The number of nitrogens with one attached hydrogen (secondary N) is 2. The Bertz CT molecular complexity index is 1190. The summed E-state index contributed by atoms with van der Waals surface area (Å²) in [5.74, 6) is 0. The van der Waals surface area contributed by atoms with E-state index in [0.29, 0.717) is 13.1 Å². The van der Waals surface area contributed by atoms with Crippen molar-refractivity contribution in [2.24, 2.45) is 0 Å². The minimum atomic E-state index is 0.0417. The quantitative estimate of drug-likeness (QED) is 0.569. The van der Waals surface area contributed by atoms with Gasteiger partial charge >= 0.3 is 6.03 Å². The van der Waals surface area contributed by atoms with Crippen LogP contribution in [0.3, 0.4) is 0 Å². The van der Waals surface area contributed by atoms with Crippen molar-refractivity contribution in [2.45, 2.75) is 13.3 Å². The molecule has 0 spiro atoms. The molecule has 0 saturated heterocycles. The second-order valence-electron chi connectivity index (χ2n) is 7.64. The molecule has 8 heteroatoms. The molecule has 0 aliphatic carbocycles. The van der Waals surface area contributed by atoms with Crippen molar-refractivity contribution >= 4 is 45.7 Å². The number of urea groups is 1. The van der Waals surface area contributed by atoms with Gasteiger partial charge in [-0.2, -0.15) is 0 Å². The van der Waals surface area contributed by atoms with Gasteiger partial charge < -0.3 is 20.1 Å². The third-order valence-electron chi connectivity index (χ3n) is 5.31. The number of aromatic amines is 1. The third-order valence-corrected chi connectivity index (χ3v) is 6.19. The fourth-order valence-corrected chi connectivity index (χ4v) is 4.31. The van der Waals surface area contributed by atoms with Gasteiger partial charge in [0.05, 0.1) is 21.8 Å². The van der Waals surface area contributed by atoms with Crippen LogP contribution < -0.4 is 5.32 Å². The minimum Gasteiger partial charge on any atom is -0.355 e. The summed E-state index contributed by atoms with van der Waals surface area (Å²) in [5, 5.41) is 4.48. The number of hydrogen-bond donors (Lipinski definition) is 2. The van der Waals surface area contributed by atoms with Crippen molar-refractivity contribution in [3.8, 4) is 0 Å². The van der Waals surface area contributed by atoms with Crippen LogP contribution in [0.15, 0.2) is 48.3 Å². The lowest BCUT2D eigenvalue weighted by Crippen LogP contribution is -2.41. The number of nitrogens with zero attached hydrogens (tertiary/aromatic N) is 4. The average Bonchev–Trinajstić information content (AvgIpc) is 3.39. The number of H-pyrrole nitrogens is 1. The summed E-state index contributed by atoms with van der Waals surface area (Å²) in [6.07, 6.45) is 8.57. The van der Waals surface area contributed by atoms with Crippen LogP contribution in [-0.4, -0.2) is 58.0 Å². The summed E-state index contributed by atoms with van der Waals surface area (Å²) in [5.41, 5.74) is 7.77. The van der Waals surface area contributed by atoms with E-state index in [1.807, 2.05) is 23.4 Å². The van der Waals surface area contributed by atoms with Gasteiger partial charge in [0.15, 0.2) is 0 Å². The highest BCUT2D eigenvalue weighted by Crippen LogP contribution is 2.30. The van der Waals surface area contributed by atoms with Crippen LogP contribution in [0.4, 0.5) is 10.5 Å². The molecule has 0 atom stereocenters. The number of allylic oxidation sites excluding steroid dienone is 1. The molecule has 0 bridgehead atoms. The van der Waals surface area contributed by atoms with E-state index in [9.17, 15) is 4.79 Å². The van der Waals surface area contributed by atoms with Crippen molar-refractivity contribution in [1.29, 1.82) is 0 Å². The van der Waals surface area contributed by atoms with Crippen LogP contribution in [0.2, 0.25) is 0 Å². The highest BCUT2D eigenvalue weighted by molar-refractivity contribution is 7.10. The fraction of sp³-hybridized carbons (Fsp3) is 0.261. The summed E-state index contributed by atoms with van der Waals surface area (Å²) in [4.78, 5) is 29.0. The number of carbonyl (C=O) groups is 1. The number of amides is 2. The van der Waals surface area contributed by atoms with Crippen LogP contribution in [0.25, 0.3) is 22.7 Å². The molecule has 1 aliphatic rings. The Morgan fingerprint density at radius 3 is 2.87 bits per heavy atom. The zero-order valence-corrected chi connectivity index (χ0v) is 18.8. The lowest BCUT2D eigenvalue weighted by Gasteiger charge is -2.28. The minimum absolute atomic E-state index is 0.0417. The first-order valence-corrected chi connectivity index (χ1v) is 11.0. The first-order chi connectivity index (χ1) is 15.0. The van der Waals surface area contributed by atoms with Crippen LogP contribution >= 0.6 is 11.3 Å². The Labute approximate surface area is 185 Å². The lowest BCUT2D eigenvalue weighted by atomic mass is 10.0. The normalized spacial score (nSPS) is 14.5. The number of hydrogen-bond acceptors (Lipinski definition) is 5. The standard InChI is InChI=1S/C23H26N6OS/c1-5-17(12-21-15(2)25-14-31-21)26-19-6-9-24-22-18(19)13-20(27-22)16-7-10-29(11-8-16)23(30)28(3)4/h5-7,9,12-14H,1,8,10-11H2,2-4H3,(H2,24,26,27)/b17-12+. The van der Waals surface area contributed by atoms with Gasteiger partial charge in [-0.05, 0) is 43.2 Å². The summed E-state index contributed by atoms with van der Waals surface area (Å²) in [6.45, 7) is 7.25. The number of thiazole rings is 1. The molecule has 0 unspecified atom stereocenters. The Balaban J connectivity index is 1.59. The molecule has 3 aromatic rings. The Morgan fingerprint density at radius 2 is 2.23 bits per heavy atom. The smallest absolute Gasteiger partial charge is 0.319 e. The number of carbonyl (C=O) groups excluding carboxylic acids is 1. The van der Waals surface area contributed by atoms with Crippen molar-refractivity contribution < 1.29 is 4.79 Å². The van der Waals surface area contributed by atoms with E-state index in [1.54, 1.807) is 42.6 Å². The number of aryl methyl sites for hydroxylation is 1. The zero-order chi connectivity index (χ0) is 22.0. The zero-order valence-electron chi connectivity index (χ0n) is 18.0. The summed E-state index contributed by atoms with van der Waals surface area (Å²) in [7, 11) is 3.56. The molecule has 160 valence electrons. The number of anilines is 1. The topological polar surface area (TPSA) is 77.1 Å². The van der Waals surface area contributed by atoms with Crippen molar-refractivity contribution in [1.82, 2.24) is 24.8 Å². The van der Waals surface area contributed by atoms with Gasteiger partial charge in [0.2, 0.25) is 0 Å². The molecular formula is C23H26N6OS. The van der Waals surface area contributed by atoms with E-state index in [-0.39, 0.29) is 6.03 Å². The van der Waals surface area contributed by atoms with E-state index in [1.165, 1.54) is 5.57 Å². The lowest BCUT2D eigenvalue weighted by molar-refractivity contribution is 0.176. The highest BCUT2D eigenvalue weighted by Gasteiger charge is 2.20. The van der Waals surface area contributed by atoms with E-state index in [2.05, 4.69) is 45.1 Å². The maximum absolute atomic E-state index is 12.2. The van der Waals surface area contributed by atoms with Gasteiger partial charge in [0, 0.05) is 50.2 Å². The van der Waals surface area contributed by atoms with Gasteiger partial charge in [0.25, 0.3) is 0 Å². The molecule has 3 aromatic heterocycles. The highest BCUT2D eigenvalue weighted by atomic mass is 32.1. The largest absolute Gasteiger partial charge is 0.355 e. The first-order valence-electron chi connectivity index (χ1n) is 10.1. The first kappa shape index (κ1) is 20.9. The predicted molar refractivity (Wildman–Crippen MR) is 128 cm³/mol. The number of rotatable bonds is 5. The average molecular weight is 435 g/mol. The van der Waals surface area contributed by atoms with Gasteiger partial charge in [-0.25, -0.2) is 14.8 Å². The van der Waals surface area contributed by atoms with E-state index in [4.69, 9.17) is 0 Å². The number of fused-ring (bicyclic) bond motifs is 1. The Hall–Kier alpha value is -3.39. The van der Waals surface area contributed by atoms with Crippen molar-refractivity contribution in [3.05, 3.63) is 64.5 Å². The molecule has 1 aliphatic heterocycles. The third kappa shape index (κ3) is 4.39. The second kappa shape index (κ2) is 8.77. The summed E-state index contributed by atoms with van der Waals surface area (Å²) in [6, 6.07) is 4.13.